The lowest BCUT2D eigenvalue weighted by atomic mass is 10.1. The van der Waals surface area contributed by atoms with Crippen LogP contribution in [-0.4, -0.2) is 24.4 Å². The van der Waals surface area contributed by atoms with Crippen molar-refractivity contribution in [3.63, 3.8) is 0 Å². The lowest BCUT2D eigenvalue weighted by Gasteiger charge is -2.14. The number of nitro groups is 1. The largest absolute Gasteiger partial charge is 0.348 e. The van der Waals surface area contributed by atoms with Gasteiger partial charge in [-0.3, -0.25) is 14.7 Å². The molecule has 1 atom stereocenters. The molecular weight excluding hydrogens is 356 g/mol. The smallest absolute Gasteiger partial charge is 0.269 e. The molecule has 4 rings (SSSR count). The predicted octanol–water partition coefficient (Wildman–Crippen LogP) is 4.21. The van der Waals surface area contributed by atoms with E-state index in [-0.39, 0.29) is 11.7 Å². The number of nitro benzene ring substituents is 1. The maximum Gasteiger partial charge on any atom is 0.269 e. The number of fused-ring (bicyclic) bond motifs is 1. The summed E-state index contributed by atoms with van der Waals surface area (Å²) in [5, 5.41) is 14.2. The van der Waals surface area contributed by atoms with E-state index >= 15 is 0 Å². The number of non-ortho nitro benzene ring substituents is 1. The molecule has 2 aromatic carbocycles. The summed E-state index contributed by atoms with van der Waals surface area (Å²) in [6.07, 6.45) is 3.41. The molecule has 8 nitrogen and oxygen atoms in total. The topological polar surface area (TPSA) is 98.8 Å². The molecule has 0 bridgehead atoms. The molecule has 4 aromatic rings. The van der Waals surface area contributed by atoms with Gasteiger partial charge in [-0.2, -0.15) is 4.98 Å². The van der Waals surface area contributed by atoms with Gasteiger partial charge in [0, 0.05) is 18.3 Å². The van der Waals surface area contributed by atoms with Crippen LogP contribution in [0.4, 0.5) is 11.6 Å². The van der Waals surface area contributed by atoms with Crippen LogP contribution in [0.25, 0.3) is 16.9 Å². The van der Waals surface area contributed by atoms with Crippen LogP contribution in [0, 0.1) is 17.0 Å². The molecule has 0 fully saturated rings. The van der Waals surface area contributed by atoms with E-state index in [0.29, 0.717) is 11.8 Å². The SMILES string of the molecule is Cc1ccc2c(c1)ncn2-c1ccnc(N[C@@H](C)c2cccc([N+](=O)[O-])c2)n1. The maximum absolute atomic E-state index is 11.0. The van der Waals surface area contributed by atoms with E-state index < -0.39 is 4.92 Å². The van der Waals surface area contributed by atoms with Crippen molar-refractivity contribution in [2.75, 3.05) is 5.32 Å². The number of nitrogens with zero attached hydrogens (tertiary/aromatic N) is 5. The molecule has 0 aliphatic rings. The summed E-state index contributed by atoms with van der Waals surface area (Å²) in [5.74, 6) is 1.13. The number of nitrogens with one attached hydrogen (secondary N) is 1. The molecule has 0 saturated heterocycles. The van der Waals surface area contributed by atoms with Gasteiger partial charge in [-0.05, 0) is 43.2 Å². The van der Waals surface area contributed by atoms with Crippen LogP contribution in [-0.2, 0) is 0 Å². The first-order valence-corrected chi connectivity index (χ1v) is 8.79. The monoisotopic (exact) mass is 374 g/mol. The summed E-state index contributed by atoms with van der Waals surface area (Å²) >= 11 is 0. The van der Waals surface area contributed by atoms with Gasteiger partial charge in [0.2, 0.25) is 5.95 Å². The highest BCUT2D eigenvalue weighted by molar-refractivity contribution is 5.77. The molecular formula is C20H18N6O2. The van der Waals surface area contributed by atoms with Crippen molar-refractivity contribution in [1.82, 2.24) is 19.5 Å². The minimum Gasteiger partial charge on any atom is -0.348 e. The van der Waals surface area contributed by atoms with Gasteiger partial charge in [0.05, 0.1) is 22.0 Å². The van der Waals surface area contributed by atoms with Gasteiger partial charge < -0.3 is 5.32 Å². The fraction of sp³-hybridized carbons (Fsp3) is 0.150. The second-order valence-corrected chi connectivity index (χ2v) is 6.56. The van der Waals surface area contributed by atoms with Crippen molar-refractivity contribution in [3.05, 3.63) is 82.3 Å². The number of rotatable bonds is 5. The maximum atomic E-state index is 11.0. The van der Waals surface area contributed by atoms with Gasteiger partial charge in [-0.1, -0.05) is 18.2 Å². The zero-order valence-corrected chi connectivity index (χ0v) is 15.4. The molecule has 0 aliphatic heterocycles. The van der Waals surface area contributed by atoms with Crippen LogP contribution in [0.3, 0.4) is 0 Å². The Morgan fingerprint density at radius 2 is 2.00 bits per heavy atom. The zero-order valence-electron chi connectivity index (χ0n) is 15.4. The third-order valence-electron chi connectivity index (χ3n) is 4.52. The number of hydrogen-bond donors (Lipinski definition) is 1. The standard InChI is InChI=1S/C20H18N6O2/c1-13-6-7-18-17(10-13)22-12-25(18)19-8-9-21-20(24-19)23-14(2)15-4-3-5-16(11-15)26(27)28/h3-12,14H,1-2H3,(H,21,23,24)/t14-/m0/s1. The summed E-state index contributed by atoms with van der Waals surface area (Å²) in [7, 11) is 0. The number of anilines is 1. The Morgan fingerprint density at radius 3 is 2.82 bits per heavy atom. The van der Waals surface area contributed by atoms with Crippen molar-refractivity contribution < 1.29 is 4.92 Å². The summed E-state index contributed by atoms with van der Waals surface area (Å²) < 4.78 is 1.90. The molecule has 1 N–H and O–H groups in total. The Bertz CT molecular complexity index is 1170. The van der Waals surface area contributed by atoms with Crippen LogP contribution < -0.4 is 5.32 Å². The van der Waals surface area contributed by atoms with E-state index in [0.717, 1.165) is 22.2 Å². The van der Waals surface area contributed by atoms with Crippen LogP contribution >= 0.6 is 0 Å². The van der Waals surface area contributed by atoms with Crippen LogP contribution in [0.1, 0.15) is 24.1 Å². The van der Waals surface area contributed by atoms with Crippen molar-refractivity contribution in [2.24, 2.45) is 0 Å². The Hall–Kier alpha value is -3.81. The lowest BCUT2D eigenvalue weighted by Crippen LogP contribution is -2.11. The quantitative estimate of drug-likeness (QED) is 0.415. The normalized spacial score (nSPS) is 12.1. The molecule has 2 heterocycles. The van der Waals surface area contributed by atoms with Gasteiger partial charge in [-0.15, -0.1) is 0 Å². The van der Waals surface area contributed by atoms with Crippen LogP contribution in [0.5, 0.6) is 0 Å². The molecule has 0 saturated carbocycles. The highest BCUT2D eigenvalue weighted by Crippen LogP contribution is 2.23. The van der Waals surface area contributed by atoms with E-state index in [2.05, 4.69) is 20.3 Å². The van der Waals surface area contributed by atoms with Crippen LogP contribution in [0.15, 0.2) is 61.1 Å². The zero-order chi connectivity index (χ0) is 19.7. The molecule has 0 radical (unpaired) electrons. The van der Waals surface area contributed by atoms with Crippen molar-refractivity contribution in [3.8, 4) is 5.82 Å². The fourth-order valence-corrected chi connectivity index (χ4v) is 3.04. The highest BCUT2D eigenvalue weighted by Gasteiger charge is 2.13. The average molecular weight is 374 g/mol. The van der Waals surface area contributed by atoms with Crippen molar-refractivity contribution in [1.29, 1.82) is 0 Å². The Labute approximate surface area is 161 Å². The third kappa shape index (κ3) is 3.39. The van der Waals surface area contributed by atoms with E-state index in [1.165, 1.54) is 6.07 Å². The van der Waals surface area contributed by atoms with Crippen molar-refractivity contribution >= 4 is 22.7 Å². The first-order chi connectivity index (χ1) is 13.5. The number of imidazole rings is 1. The Kier molecular flexibility index (Phi) is 4.44. The van der Waals surface area contributed by atoms with Gasteiger partial charge >= 0.3 is 0 Å². The van der Waals surface area contributed by atoms with Gasteiger partial charge in [0.1, 0.15) is 12.1 Å². The number of hydrogen-bond acceptors (Lipinski definition) is 6. The summed E-state index contributed by atoms with van der Waals surface area (Å²) in [4.78, 5) is 23.9. The highest BCUT2D eigenvalue weighted by atomic mass is 16.6. The van der Waals surface area contributed by atoms with Gasteiger partial charge in [0.25, 0.3) is 5.69 Å². The Balaban J connectivity index is 1.62. The van der Waals surface area contributed by atoms with Gasteiger partial charge in [0.15, 0.2) is 0 Å². The number of aryl methyl sites for hydroxylation is 1. The molecule has 28 heavy (non-hydrogen) atoms. The number of benzene rings is 2. The Morgan fingerprint density at radius 1 is 1.14 bits per heavy atom. The lowest BCUT2D eigenvalue weighted by molar-refractivity contribution is -0.384. The molecule has 0 amide bonds. The first kappa shape index (κ1) is 17.6. The molecule has 2 aromatic heterocycles. The number of aromatic nitrogens is 4. The minimum atomic E-state index is -0.404. The summed E-state index contributed by atoms with van der Waals surface area (Å²) in [6.45, 7) is 3.94. The molecule has 8 heteroatoms. The second kappa shape index (κ2) is 7.07. The second-order valence-electron chi connectivity index (χ2n) is 6.56. The van der Waals surface area contributed by atoms with E-state index in [1.54, 1.807) is 24.7 Å². The fourth-order valence-electron chi connectivity index (χ4n) is 3.04. The summed E-state index contributed by atoms with van der Waals surface area (Å²) in [6, 6.07) is 14.2. The summed E-state index contributed by atoms with van der Waals surface area (Å²) in [5.41, 5.74) is 3.85. The van der Waals surface area contributed by atoms with Crippen LogP contribution in [0.2, 0.25) is 0 Å². The average Bonchev–Trinajstić information content (AvgIpc) is 3.11. The molecule has 0 unspecified atom stereocenters. The molecule has 0 spiro atoms. The van der Waals surface area contributed by atoms with Gasteiger partial charge in [-0.25, -0.2) is 9.97 Å². The third-order valence-corrected chi connectivity index (χ3v) is 4.52. The molecule has 140 valence electrons. The minimum absolute atomic E-state index is 0.0565. The first-order valence-electron chi connectivity index (χ1n) is 8.79. The predicted molar refractivity (Wildman–Crippen MR) is 107 cm³/mol. The van der Waals surface area contributed by atoms with E-state index in [4.69, 9.17) is 0 Å². The molecule has 0 aliphatic carbocycles. The van der Waals surface area contributed by atoms with Crippen molar-refractivity contribution in [2.45, 2.75) is 19.9 Å². The van der Waals surface area contributed by atoms with E-state index in [9.17, 15) is 10.1 Å². The van der Waals surface area contributed by atoms with E-state index in [1.807, 2.05) is 48.7 Å².